The lowest BCUT2D eigenvalue weighted by atomic mass is 9.95. The van der Waals surface area contributed by atoms with Crippen molar-refractivity contribution in [3.63, 3.8) is 0 Å². The number of ether oxygens (including phenoxy) is 1. The zero-order valence-electron chi connectivity index (χ0n) is 25.7. The third-order valence-electron chi connectivity index (χ3n) is 7.93. The van der Waals surface area contributed by atoms with E-state index in [9.17, 15) is 22.4 Å². The standard InChI is InChI=1S/C34H42FN3O5S/c1-4-32(34(40)36-28-9-7-6-8-10-28)37(23-26-13-11-25(3)12-14-26)33(39)24-38(29-17-19-30(20-18-29)43-5-2)44(41,42)31-21-15-27(35)16-22-31/h11-22,28,32H,4-10,23-24H2,1-3H3,(H,36,40)/t32-/m1/s1. The maximum absolute atomic E-state index is 14.3. The van der Waals surface area contributed by atoms with Crippen LogP contribution in [0.15, 0.2) is 77.7 Å². The van der Waals surface area contributed by atoms with E-state index in [1.165, 1.54) is 17.0 Å². The van der Waals surface area contributed by atoms with E-state index in [-0.39, 0.29) is 29.1 Å². The number of aryl methyl sites for hydroxylation is 1. The maximum atomic E-state index is 14.3. The van der Waals surface area contributed by atoms with Gasteiger partial charge in [0.15, 0.2) is 0 Å². The Labute approximate surface area is 260 Å². The Kier molecular flexibility index (Phi) is 11.4. The van der Waals surface area contributed by atoms with Gasteiger partial charge < -0.3 is 15.0 Å². The van der Waals surface area contributed by atoms with Crippen LogP contribution in [-0.2, 0) is 26.2 Å². The fourth-order valence-corrected chi connectivity index (χ4v) is 6.91. The number of amides is 2. The van der Waals surface area contributed by atoms with Crippen molar-refractivity contribution < 1.29 is 27.1 Å². The quantitative estimate of drug-likeness (QED) is 0.253. The number of carbonyl (C=O) groups excluding carboxylic acids is 2. The van der Waals surface area contributed by atoms with Gasteiger partial charge in [-0.05, 0) is 87.2 Å². The molecule has 1 saturated carbocycles. The Morgan fingerprint density at radius 2 is 1.57 bits per heavy atom. The average Bonchev–Trinajstić information content (AvgIpc) is 3.02. The SMILES string of the molecule is CCOc1ccc(N(CC(=O)N(Cc2ccc(C)cc2)[C@H](CC)C(=O)NC2CCCCC2)S(=O)(=O)c2ccc(F)cc2)cc1. The number of nitrogens with one attached hydrogen (secondary N) is 1. The van der Waals surface area contributed by atoms with Crippen LogP contribution in [0, 0.1) is 12.7 Å². The molecule has 1 atom stereocenters. The Morgan fingerprint density at radius 3 is 2.16 bits per heavy atom. The summed E-state index contributed by atoms with van der Waals surface area (Å²) in [6.07, 6.45) is 5.39. The van der Waals surface area contributed by atoms with Crippen molar-refractivity contribution in [1.29, 1.82) is 0 Å². The molecule has 0 heterocycles. The second-order valence-electron chi connectivity index (χ2n) is 11.2. The Bertz CT molecular complexity index is 1490. The van der Waals surface area contributed by atoms with Crippen molar-refractivity contribution in [3.8, 4) is 5.75 Å². The summed E-state index contributed by atoms with van der Waals surface area (Å²) in [5.74, 6) is -0.801. The van der Waals surface area contributed by atoms with Gasteiger partial charge in [-0.3, -0.25) is 13.9 Å². The minimum atomic E-state index is -4.30. The second kappa shape index (κ2) is 15.2. The van der Waals surface area contributed by atoms with E-state index in [0.717, 1.165) is 59.7 Å². The van der Waals surface area contributed by atoms with Gasteiger partial charge in [0, 0.05) is 12.6 Å². The van der Waals surface area contributed by atoms with Crippen LogP contribution >= 0.6 is 0 Å². The van der Waals surface area contributed by atoms with Gasteiger partial charge in [-0.15, -0.1) is 0 Å². The highest BCUT2D eigenvalue weighted by Crippen LogP contribution is 2.27. The normalized spacial score (nSPS) is 14.5. The summed E-state index contributed by atoms with van der Waals surface area (Å²) >= 11 is 0. The molecule has 1 aliphatic carbocycles. The van der Waals surface area contributed by atoms with Crippen LogP contribution in [0.1, 0.15) is 63.5 Å². The number of hydrogen-bond acceptors (Lipinski definition) is 5. The van der Waals surface area contributed by atoms with E-state index in [0.29, 0.717) is 18.8 Å². The molecular weight excluding hydrogens is 581 g/mol. The molecule has 1 aliphatic rings. The van der Waals surface area contributed by atoms with Gasteiger partial charge in [0.05, 0.1) is 17.2 Å². The molecule has 1 N–H and O–H groups in total. The first-order valence-electron chi connectivity index (χ1n) is 15.3. The predicted molar refractivity (Wildman–Crippen MR) is 169 cm³/mol. The second-order valence-corrected chi connectivity index (χ2v) is 13.0. The van der Waals surface area contributed by atoms with Crippen molar-refractivity contribution in [2.75, 3.05) is 17.5 Å². The number of rotatable bonds is 13. The zero-order valence-corrected chi connectivity index (χ0v) is 26.5. The molecule has 3 aromatic rings. The molecule has 0 aromatic heterocycles. The predicted octanol–water partition coefficient (Wildman–Crippen LogP) is 5.98. The summed E-state index contributed by atoms with van der Waals surface area (Å²) in [6, 6.07) is 17.8. The molecule has 0 bridgehead atoms. The highest BCUT2D eigenvalue weighted by Gasteiger charge is 2.34. The number of anilines is 1. The monoisotopic (exact) mass is 623 g/mol. The minimum Gasteiger partial charge on any atom is -0.494 e. The molecule has 0 saturated heterocycles. The van der Waals surface area contributed by atoms with Crippen molar-refractivity contribution >= 4 is 27.5 Å². The first-order valence-corrected chi connectivity index (χ1v) is 16.7. The van der Waals surface area contributed by atoms with E-state index >= 15 is 0 Å². The van der Waals surface area contributed by atoms with Crippen molar-refractivity contribution in [2.24, 2.45) is 0 Å². The fraction of sp³-hybridized carbons (Fsp3) is 0.412. The molecule has 0 unspecified atom stereocenters. The molecule has 236 valence electrons. The molecule has 0 radical (unpaired) electrons. The molecule has 0 spiro atoms. The number of nitrogens with zero attached hydrogens (tertiary/aromatic N) is 2. The van der Waals surface area contributed by atoms with E-state index < -0.39 is 34.3 Å². The summed E-state index contributed by atoms with van der Waals surface area (Å²) in [4.78, 5) is 29.2. The van der Waals surface area contributed by atoms with Crippen molar-refractivity contribution in [1.82, 2.24) is 10.2 Å². The third kappa shape index (κ3) is 8.37. The highest BCUT2D eigenvalue weighted by atomic mass is 32.2. The molecule has 2 amide bonds. The van der Waals surface area contributed by atoms with Crippen molar-refractivity contribution in [2.45, 2.75) is 82.8 Å². The molecule has 44 heavy (non-hydrogen) atoms. The van der Waals surface area contributed by atoms with Gasteiger partial charge in [-0.2, -0.15) is 0 Å². The Morgan fingerprint density at radius 1 is 0.932 bits per heavy atom. The third-order valence-corrected chi connectivity index (χ3v) is 9.72. The fourth-order valence-electron chi connectivity index (χ4n) is 5.49. The Hall–Kier alpha value is -3.92. The summed E-state index contributed by atoms with van der Waals surface area (Å²) in [5, 5.41) is 3.15. The largest absolute Gasteiger partial charge is 0.494 e. The van der Waals surface area contributed by atoms with Crippen LogP contribution < -0.4 is 14.4 Å². The molecule has 4 rings (SSSR count). The van der Waals surface area contributed by atoms with Crippen LogP contribution in [0.5, 0.6) is 5.75 Å². The molecule has 8 nitrogen and oxygen atoms in total. The summed E-state index contributed by atoms with van der Waals surface area (Å²) in [6.45, 7) is 5.66. The summed E-state index contributed by atoms with van der Waals surface area (Å²) in [7, 11) is -4.30. The molecule has 10 heteroatoms. The lowest BCUT2D eigenvalue weighted by molar-refractivity contribution is -0.140. The topological polar surface area (TPSA) is 96.0 Å². The number of halogens is 1. The molecule has 1 fully saturated rings. The summed E-state index contributed by atoms with van der Waals surface area (Å²) in [5.41, 5.74) is 2.11. The first kappa shape index (κ1) is 33.0. The van der Waals surface area contributed by atoms with E-state index in [4.69, 9.17) is 4.74 Å². The van der Waals surface area contributed by atoms with E-state index in [2.05, 4.69) is 5.32 Å². The van der Waals surface area contributed by atoms with Crippen LogP contribution in [0.3, 0.4) is 0 Å². The van der Waals surface area contributed by atoms with Gasteiger partial charge >= 0.3 is 0 Å². The van der Waals surface area contributed by atoms with E-state index in [1.54, 1.807) is 24.3 Å². The lowest BCUT2D eigenvalue weighted by Gasteiger charge is -2.34. The smallest absolute Gasteiger partial charge is 0.264 e. The van der Waals surface area contributed by atoms with Crippen LogP contribution in [0.2, 0.25) is 0 Å². The van der Waals surface area contributed by atoms with Gasteiger partial charge in [0.25, 0.3) is 10.0 Å². The van der Waals surface area contributed by atoms with Crippen LogP contribution in [-0.4, -0.2) is 50.4 Å². The number of carbonyl (C=O) groups is 2. The number of hydrogen-bond donors (Lipinski definition) is 1. The van der Waals surface area contributed by atoms with Crippen LogP contribution in [0.25, 0.3) is 0 Å². The lowest BCUT2D eigenvalue weighted by Crippen LogP contribution is -2.54. The van der Waals surface area contributed by atoms with Crippen molar-refractivity contribution in [3.05, 3.63) is 89.7 Å². The highest BCUT2D eigenvalue weighted by molar-refractivity contribution is 7.92. The van der Waals surface area contributed by atoms with E-state index in [1.807, 2.05) is 45.0 Å². The molecular formula is C34H42FN3O5S. The first-order chi connectivity index (χ1) is 21.1. The van der Waals surface area contributed by atoms with Gasteiger partial charge in [-0.25, -0.2) is 12.8 Å². The van der Waals surface area contributed by atoms with Gasteiger partial charge in [0.2, 0.25) is 11.8 Å². The zero-order chi connectivity index (χ0) is 31.7. The van der Waals surface area contributed by atoms with Crippen LogP contribution in [0.4, 0.5) is 10.1 Å². The van der Waals surface area contributed by atoms with Gasteiger partial charge in [0.1, 0.15) is 24.2 Å². The molecule has 3 aromatic carbocycles. The van der Waals surface area contributed by atoms with Gasteiger partial charge in [-0.1, -0.05) is 56.0 Å². The number of benzene rings is 3. The average molecular weight is 624 g/mol. The Balaban J connectivity index is 1.70. The number of sulfonamides is 1. The summed E-state index contributed by atoms with van der Waals surface area (Å²) < 4.78 is 48.2. The minimum absolute atomic E-state index is 0.0563. The maximum Gasteiger partial charge on any atom is 0.264 e. The molecule has 0 aliphatic heterocycles.